The number of nitrogens with zero attached hydrogens (tertiary/aromatic N) is 2. The van der Waals surface area contributed by atoms with Crippen molar-refractivity contribution in [2.75, 3.05) is 10.2 Å². The number of carbonyl (C=O) groups excluding carboxylic acids is 3. The fraction of sp³-hybridized carbons (Fsp3) is 0.135. The Morgan fingerprint density at radius 2 is 1.66 bits per heavy atom. The highest BCUT2D eigenvalue weighted by atomic mass is 35.5. The Labute approximate surface area is 259 Å². The van der Waals surface area contributed by atoms with Gasteiger partial charge in [-0.1, -0.05) is 90.0 Å². The topological polar surface area (TPSA) is 79.4 Å². The van der Waals surface area contributed by atoms with Crippen molar-refractivity contribution in [1.29, 1.82) is 0 Å². The molecule has 1 amide bonds. The van der Waals surface area contributed by atoms with Crippen LogP contribution in [0.4, 0.5) is 11.4 Å². The third-order valence-electron chi connectivity index (χ3n) is 9.35. The van der Waals surface area contributed by atoms with Crippen LogP contribution in [0.5, 0.6) is 0 Å². The summed E-state index contributed by atoms with van der Waals surface area (Å²) in [6, 6.07) is 27.7. The minimum atomic E-state index is -1.40. The molecule has 44 heavy (non-hydrogen) atoms. The predicted octanol–water partition coefficient (Wildman–Crippen LogP) is 7.05. The van der Waals surface area contributed by atoms with E-state index in [1.807, 2.05) is 84.6 Å². The average Bonchev–Trinajstić information content (AvgIpc) is 3.52. The monoisotopic (exact) mass is 595 g/mol. The minimum Gasteiger partial charge on any atom is -0.350 e. The molecule has 0 aliphatic carbocycles. The summed E-state index contributed by atoms with van der Waals surface area (Å²) in [6.07, 6.45) is 5.70. The predicted molar refractivity (Wildman–Crippen MR) is 172 cm³/mol. The lowest BCUT2D eigenvalue weighted by Crippen LogP contribution is -2.51. The first-order valence-electron chi connectivity index (χ1n) is 14.6. The minimum absolute atomic E-state index is 0.233. The van der Waals surface area contributed by atoms with E-state index in [0.29, 0.717) is 27.4 Å². The first-order chi connectivity index (χ1) is 21.4. The molecule has 214 valence electrons. The van der Waals surface area contributed by atoms with Crippen molar-refractivity contribution in [2.45, 2.75) is 24.4 Å². The molecule has 4 aromatic carbocycles. The molecule has 3 aliphatic heterocycles. The standard InChI is InChI=1S/C37H26ClN3O3/c1-21-9-17-28-27(20-21)37(36(44)40-28)29-18-14-23-11-10-22-8-5-19-39-31(22)32(23)41(29)33(35(43)24-6-3-2-4-7-24)30(37)34(42)25-12-15-26(38)16-13-25/h2-20,29-30,33H,1H3,(H,40,44)/t29?,30-,33-,37+/m1/s1. The molecule has 0 bridgehead atoms. The Bertz CT molecular complexity index is 2060. The van der Waals surface area contributed by atoms with Crippen molar-refractivity contribution < 1.29 is 14.4 Å². The quantitative estimate of drug-likeness (QED) is 0.225. The molecule has 1 spiro atoms. The summed E-state index contributed by atoms with van der Waals surface area (Å²) < 4.78 is 0. The van der Waals surface area contributed by atoms with Gasteiger partial charge in [0.1, 0.15) is 11.5 Å². The number of hydrogen-bond acceptors (Lipinski definition) is 5. The molecule has 0 saturated carbocycles. The summed E-state index contributed by atoms with van der Waals surface area (Å²) in [7, 11) is 0. The van der Waals surface area contributed by atoms with E-state index >= 15 is 0 Å². The van der Waals surface area contributed by atoms with Gasteiger partial charge >= 0.3 is 0 Å². The number of rotatable bonds is 4. The summed E-state index contributed by atoms with van der Waals surface area (Å²) in [6.45, 7) is 1.97. The lowest BCUT2D eigenvalue weighted by Gasteiger charge is -2.38. The number of pyridine rings is 1. The molecule has 3 aliphatic rings. The number of fused-ring (bicyclic) bond motifs is 8. The number of aryl methyl sites for hydroxylation is 1. The van der Waals surface area contributed by atoms with Crippen LogP contribution in [0, 0.1) is 12.8 Å². The molecule has 1 unspecified atom stereocenters. The van der Waals surface area contributed by atoms with Gasteiger partial charge in [0.2, 0.25) is 5.91 Å². The third kappa shape index (κ3) is 3.61. The molecule has 8 rings (SSSR count). The van der Waals surface area contributed by atoms with Crippen LogP contribution in [0.2, 0.25) is 5.02 Å². The average molecular weight is 596 g/mol. The molecule has 7 heteroatoms. The van der Waals surface area contributed by atoms with E-state index in [4.69, 9.17) is 16.6 Å². The Kier molecular flexibility index (Phi) is 5.87. The number of anilines is 2. The van der Waals surface area contributed by atoms with Gasteiger partial charge in [0.05, 0.1) is 23.2 Å². The summed E-state index contributed by atoms with van der Waals surface area (Å²) in [5, 5.41) is 4.49. The van der Waals surface area contributed by atoms with Crippen molar-refractivity contribution in [1.82, 2.24) is 4.98 Å². The summed E-state index contributed by atoms with van der Waals surface area (Å²) >= 11 is 6.22. The van der Waals surface area contributed by atoms with Gasteiger partial charge < -0.3 is 10.2 Å². The first-order valence-corrected chi connectivity index (χ1v) is 14.9. The number of nitrogens with one attached hydrogen (secondary N) is 1. The van der Waals surface area contributed by atoms with Crippen molar-refractivity contribution >= 4 is 57.4 Å². The zero-order valence-corrected chi connectivity index (χ0v) is 24.5. The molecule has 0 radical (unpaired) electrons. The van der Waals surface area contributed by atoms with E-state index in [1.54, 1.807) is 42.6 Å². The van der Waals surface area contributed by atoms with Crippen LogP contribution in [0.1, 0.15) is 37.4 Å². The molecule has 1 aromatic heterocycles. The molecular weight excluding hydrogens is 570 g/mol. The van der Waals surface area contributed by atoms with Gasteiger partial charge in [0, 0.05) is 33.4 Å². The van der Waals surface area contributed by atoms with E-state index in [1.165, 1.54) is 0 Å². The molecule has 1 fully saturated rings. The number of hydrogen-bond donors (Lipinski definition) is 1. The first kappa shape index (κ1) is 26.5. The van der Waals surface area contributed by atoms with E-state index in [9.17, 15) is 14.4 Å². The second-order valence-corrected chi connectivity index (χ2v) is 12.1. The van der Waals surface area contributed by atoms with Gasteiger partial charge in [-0.05, 0) is 54.4 Å². The Balaban J connectivity index is 1.48. The SMILES string of the molecule is Cc1ccc2c(c1)[C@]1(C(=O)N2)C2C=Cc3ccc4cccnc4c3N2[C@@H](C(=O)c2ccccc2)[C@@H]1C(=O)c1ccc(Cl)cc1. The highest BCUT2D eigenvalue weighted by molar-refractivity contribution is 6.30. The highest BCUT2D eigenvalue weighted by Gasteiger charge is 2.70. The van der Waals surface area contributed by atoms with Gasteiger partial charge in [-0.25, -0.2) is 0 Å². The summed E-state index contributed by atoms with van der Waals surface area (Å²) in [5.74, 6) is -1.90. The number of amides is 1. The molecule has 4 atom stereocenters. The van der Waals surface area contributed by atoms with E-state index in [2.05, 4.69) is 5.32 Å². The molecule has 6 nitrogen and oxygen atoms in total. The van der Waals surface area contributed by atoms with Crippen molar-refractivity contribution in [3.63, 3.8) is 0 Å². The fourth-order valence-electron chi connectivity index (χ4n) is 7.51. The van der Waals surface area contributed by atoms with Crippen LogP contribution in [-0.4, -0.2) is 34.5 Å². The Hall–Kier alpha value is -5.07. The van der Waals surface area contributed by atoms with Crippen LogP contribution >= 0.6 is 11.6 Å². The number of carbonyl (C=O) groups is 3. The summed E-state index contributed by atoms with van der Waals surface area (Å²) in [4.78, 5) is 51.3. The van der Waals surface area contributed by atoms with E-state index in [-0.39, 0.29) is 17.5 Å². The number of halogens is 1. The van der Waals surface area contributed by atoms with Gasteiger partial charge in [-0.15, -0.1) is 0 Å². The van der Waals surface area contributed by atoms with Gasteiger partial charge in [0.15, 0.2) is 11.6 Å². The molecule has 5 aromatic rings. The van der Waals surface area contributed by atoms with Crippen molar-refractivity contribution in [3.05, 3.63) is 142 Å². The van der Waals surface area contributed by atoms with Crippen LogP contribution < -0.4 is 10.2 Å². The molecular formula is C37H26ClN3O3. The maximum atomic E-state index is 15.0. The normalized spacial score (nSPS) is 22.9. The molecule has 1 saturated heterocycles. The maximum absolute atomic E-state index is 15.0. The third-order valence-corrected chi connectivity index (χ3v) is 9.60. The number of benzene rings is 4. The lowest BCUT2D eigenvalue weighted by atomic mass is 9.64. The zero-order valence-electron chi connectivity index (χ0n) is 23.7. The number of Topliss-reactive ketones (excluding diaryl/α,β-unsaturated/α-hetero) is 2. The smallest absolute Gasteiger partial charge is 0.238 e. The Morgan fingerprint density at radius 3 is 2.45 bits per heavy atom. The number of ketones is 2. The van der Waals surface area contributed by atoms with Crippen LogP contribution in [0.3, 0.4) is 0 Å². The van der Waals surface area contributed by atoms with Gasteiger partial charge in [-0.3, -0.25) is 19.4 Å². The zero-order chi connectivity index (χ0) is 30.2. The van der Waals surface area contributed by atoms with E-state index < -0.39 is 23.4 Å². The fourth-order valence-corrected chi connectivity index (χ4v) is 7.64. The summed E-state index contributed by atoms with van der Waals surface area (Å²) in [5.41, 5.74) is 4.09. The van der Waals surface area contributed by atoms with Crippen LogP contribution in [0.25, 0.3) is 17.0 Å². The van der Waals surface area contributed by atoms with Gasteiger partial charge in [0.25, 0.3) is 0 Å². The van der Waals surface area contributed by atoms with Crippen molar-refractivity contribution in [3.8, 4) is 0 Å². The second-order valence-electron chi connectivity index (χ2n) is 11.7. The van der Waals surface area contributed by atoms with Crippen LogP contribution in [-0.2, 0) is 10.2 Å². The largest absolute Gasteiger partial charge is 0.350 e. The number of aromatic nitrogens is 1. The lowest BCUT2D eigenvalue weighted by molar-refractivity contribution is -0.121. The van der Waals surface area contributed by atoms with Crippen molar-refractivity contribution in [2.24, 2.45) is 5.92 Å². The maximum Gasteiger partial charge on any atom is 0.238 e. The van der Waals surface area contributed by atoms with Crippen LogP contribution in [0.15, 0.2) is 109 Å². The highest BCUT2D eigenvalue weighted by Crippen LogP contribution is 2.59. The van der Waals surface area contributed by atoms with Gasteiger partial charge in [-0.2, -0.15) is 0 Å². The molecule has 1 N–H and O–H groups in total. The van der Waals surface area contributed by atoms with E-state index in [0.717, 1.165) is 27.8 Å². The molecule has 4 heterocycles. The Morgan fingerprint density at radius 1 is 0.886 bits per heavy atom. The second kappa shape index (κ2) is 9.73.